The normalized spacial score (nSPS) is 12.7. The highest BCUT2D eigenvalue weighted by molar-refractivity contribution is 7.99. The highest BCUT2D eigenvalue weighted by Gasteiger charge is 2.12. The lowest BCUT2D eigenvalue weighted by Crippen LogP contribution is -2.07. The lowest BCUT2D eigenvalue weighted by molar-refractivity contribution is 0.619. The second-order valence-corrected chi connectivity index (χ2v) is 5.38. The lowest BCUT2D eigenvalue weighted by Gasteiger charge is -2.12. The van der Waals surface area contributed by atoms with Gasteiger partial charge in [0.05, 0.1) is 10.7 Å². The molecular weight excluding hydrogens is 249 g/mol. The maximum Gasteiger partial charge on any atom is 0.123 e. The highest BCUT2D eigenvalue weighted by Crippen LogP contribution is 2.33. The quantitative estimate of drug-likeness (QED) is 0.927. The number of benzene rings is 1. The molecule has 1 aromatic heterocycles. The second-order valence-electron chi connectivity index (χ2n) is 4.32. The van der Waals surface area contributed by atoms with Crippen LogP contribution < -0.4 is 5.73 Å². The molecule has 0 saturated heterocycles. The zero-order valence-corrected chi connectivity index (χ0v) is 11.5. The van der Waals surface area contributed by atoms with Crippen molar-refractivity contribution in [2.45, 2.75) is 29.8 Å². The van der Waals surface area contributed by atoms with E-state index in [0.29, 0.717) is 0 Å². The van der Waals surface area contributed by atoms with Crippen molar-refractivity contribution in [2.24, 2.45) is 12.8 Å². The van der Waals surface area contributed by atoms with E-state index in [1.807, 2.05) is 31.6 Å². The Morgan fingerprint density at radius 2 is 2.11 bits per heavy atom. The minimum atomic E-state index is -0.257. The van der Waals surface area contributed by atoms with Gasteiger partial charge in [0.1, 0.15) is 5.82 Å². The van der Waals surface area contributed by atoms with Gasteiger partial charge in [-0.15, -0.1) is 0 Å². The summed E-state index contributed by atoms with van der Waals surface area (Å²) in [4.78, 5) is 0.967. The van der Waals surface area contributed by atoms with Crippen LogP contribution in [0.5, 0.6) is 0 Å². The molecule has 2 rings (SSSR count). The van der Waals surface area contributed by atoms with Crippen LogP contribution >= 0.6 is 11.8 Å². The van der Waals surface area contributed by atoms with Crippen LogP contribution in [0.15, 0.2) is 34.2 Å². The SMILES string of the molecule is Cc1cc(Sc2ccc(F)cc2C(C)N)n(C)n1. The number of hydrogen-bond donors (Lipinski definition) is 1. The molecule has 0 amide bonds. The van der Waals surface area contributed by atoms with Crippen molar-refractivity contribution in [1.82, 2.24) is 9.78 Å². The van der Waals surface area contributed by atoms with Crippen LogP contribution in [0.4, 0.5) is 4.39 Å². The average molecular weight is 265 g/mol. The van der Waals surface area contributed by atoms with E-state index < -0.39 is 0 Å². The van der Waals surface area contributed by atoms with Gasteiger partial charge in [0.2, 0.25) is 0 Å². The molecule has 1 heterocycles. The molecule has 0 saturated carbocycles. The summed E-state index contributed by atoms with van der Waals surface area (Å²) in [6.07, 6.45) is 0. The Kier molecular flexibility index (Phi) is 3.73. The molecule has 1 atom stereocenters. The fraction of sp³-hybridized carbons (Fsp3) is 0.308. The first kappa shape index (κ1) is 13.1. The van der Waals surface area contributed by atoms with Gasteiger partial charge in [-0.3, -0.25) is 4.68 Å². The van der Waals surface area contributed by atoms with E-state index in [4.69, 9.17) is 5.73 Å². The summed E-state index contributed by atoms with van der Waals surface area (Å²) in [5.74, 6) is -0.257. The zero-order chi connectivity index (χ0) is 13.3. The van der Waals surface area contributed by atoms with Crippen molar-refractivity contribution < 1.29 is 4.39 Å². The fourth-order valence-electron chi connectivity index (χ4n) is 1.76. The fourth-order valence-corrected chi connectivity index (χ4v) is 2.89. The predicted molar refractivity (Wildman–Crippen MR) is 71.1 cm³/mol. The van der Waals surface area contributed by atoms with E-state index in [-0.39, 0.29) is 11.9 Å². The lowest BCUT2D eigenvalue weighted by atomic mass is 10.1. The van der Waals surface area contributed by atoms with Crippen molar-refractivity contribution in [3.63, 3.8) is 0 Å². The monoisotopic (exact) mass is 265 g/mol. The van der Waals surface area contributed by atoms with Crippen LogP contribution in [0, 0.1) is 12.7 Å². The second kappa shape index (κ2) is 5.12. The molecule has 96 valence electrons. The summed E-state index contributed by atoms with van der Waals surface area (Å²) >= 11 is 1.55. The summed E-state index contributed by atoms with van der Waals surface area (Å²) in [7, 11) is 1.89. The number of nitrogens with zero attached hydrogens (tertiary/aromatic N) is 2. The van der Waals surface area contributed by atoms with E-state index in [2.05, 4.69) is 5.10 Å². The van der Waals surface area contributed by atoms with E-state index in [9.17, 15) is 4.39 Å². The van der Waals surface area contributed by atoms with Crippen LogP contribution in [-0.4, -0.2) is 9.78 Å². The smallest absolute Gasteiger partial charge is 0.123 e. The molecule has 0 bridgehead atoms. The molecule has 0 aliphatic heterocycles. The molecule has 0 aliphatic rings. The van der Waals surface area contributed by atoms with Crippen LogP contribution in [0.25, 0.3) is 0 Å². The van der Waals surface area contributed by atoms with Gasteiger partial charge < -0.3 is 5.73 Å². The minimum Gasteiger partial charge on any atom is -0.324 e. The number of hydrogen-bond acceptors (Lipinski definition) is 3. The van der Waals surface area contributed by atoms with Crippen LogP contribution in [0.3, 0.4) is 0 Å². The third kappa shape index (κ3) is 2.73. The first-order chi connectivity index (χ1) is 8.47. The first-order valence-corrected chi connectivity index (χ1v) is 6.52. The Morgan fingerprint density at radius 3 is 2.67 bits per heavy atom. The standard InChI is InChI=1S/C13H16FN3S/c1-8-6-13(17(3)16-8)18-12-5-4-10(14)7-11(12)9(2)15/h4-7,9H,15H2,1-3H3. The number of halogens is 1. The van der Waals surface area contributed by atoms with Gasteiger partial charge >= 0.3 is 0 Å². The summed E-state index contributed by atoms with van der Waals surface area (Å²) in [6, 6.07) is 6.52. The Bertz CT molecular complexity index is 563. The number of rotatable bonds is 3. The van der Waals surface area contributed by atoms with Crippen molar-refractivity contribution in [3.05, 3.63) is 41.3 Å². The molecule has 0 fully saturated rings. The van der Waals surface area contributed by atoms with Gasteiger partial charge in [-0.2, -0.15) is 5.10 Å². The Labute approximate surface area is 110 Å². The Morgan fingerprint density at radius 1 is 1.39 bits per heavy atom. The predicted octanol–water partition coefficient (Wildman–Crippen LogP) is 3.04. The van der Waals surface area contributed by atoms with Crippen LogP contribution in [0.2, 0.25) is 0 Å². The molecule has 1 aromatic carbocycles. The number of nitrogens with two attached hydrogens (primary N) is 1. The van der Waals surface area contributed by atoms with Crippen molar-refractivity contribution in [2.75, 3.05) is 0 Å². The molecule has 2 aromatic rings. The molecule has 0 spiro atoms. The van der Waals surface area contributed by atoms with Gasteiger partial charge in [-0.1, -0.05) is 11.8 Å². The minimum absolute atomic E-state index is 0.197. The zero-order valence-electron chi connectivity index (χ0n) is 10.6. The summed E-state index contributed by atoms with van der Waals surface area (Å²) < 4.78 is 15.1. The molecule has 0 aliphatic carbocycles. The van der Waals surface area contributed by atoms with Crippen molar-refractivity contribution in [1.29, 1.82) is 0 Å². The molecule has 3 nitrogen and oxygen atoms in total. The Hall–Kier alpha value is -1.33. The maximum absolute atomic E-state index is 13.2. The van der Waals surface area contributed by atoms with Gasteiger partial charge in [0.25, 0.3) is 0 Å². The highest BCUT2D eigenvalue weighted by atomic mass is 32.2. The van der Waals surface area contributed by atoms with E-state index in [1.165, 1.54) is 12.1 Å². The number of aromatic nitrogens is 2. The van der Waals surface area contributed by atoms with Crippen LogP contribution in [0.1, 0.15) is 24.2 Å². The largest absolute Gasteiger partial charge is 0.324 e. The van der Waals surface area contributed by atoms with Crippen molar-refractivity contribution in [3.8, 4) is 0 Å². The first-order valence-electron chi connectivity index (χ1n) is 5.71. The summed E-state index contributed by atoms with van der Waals surface area (Å²) in [5, 5.41) is 5.30. The van der Waals surface area contributed by atoms with Gasteiger partial charge in [0, 0.05) is 18.0 Å². The van der Waals surface area contributed by atoms with E-state index >= 15 is 0 Å². The third-order valence-electron chi connectivity index (χ3n) is 2.64. The van der Waals surface area contributed by atoms with Gasteiger partial charge in [0.15, 0.2) is 0 Å². The summed E-state index contributed by atoms with van der Waals surface area (Å²) in [5.41, 5.74) is 7.66. The van der Waals surface area contributed by atoms with Gasteiger partial charge in [-0.05, 0) is 43.7 Å². The molecule has 2 N–H and O–H groups in total. The maximum atomic E-state index is 13.2. The number of aryl methyl sites for hydroxylation is 2. The molecular formula is C13H16FN3S. The molecule has 5 heteroatoms. The summed E-state index contributed by atoms with van der Waals surface area (Å²) in [6.45, 7) is 3.80. The molecule has 18 heavy (non-hydrogen) atoms. The average Bonchev–Trinajstić information content (AvgIpc) is 2.60. The third-order valence-corrected chi connectivity index (χ3v) is 3.82. The molecule has 1 unspecified atom stereocenters. The topological polar surface area (TPSA) is 43.8 Å². The Balaban J connectivity index is 2.37. The van der Waals surface area contributed by atoms with E-state index in [1.54, 1.807) is 17.8 Å². The van der Waals surface area contributed by atoms with Crippen LogP contribution in [-0.2, 0) is 7.05 Å². The van der Waals surface area contributed by atoms with Crippen molar-refractivity contribution >= 4 is 11.8 Å². The van der Waals surface area contributed by atoms with Gasteiger partial charge in [-0.25, -0.2) is 4.39 Å². The van der Waals surface area contributed by atoms with E-state index in [0.717, 1.165) is 21.2 Å². The molecule has 0 radical (unpaired) electrons.